The SMILES string of the molecule is O=C(O)c1cccc2c1[nH]c(=O)c(=O)n2CC1CCOC1. The lowest BCUT2D eigenvalue weighted by atomic mass is 10.1. The van der Waals surface area contributed by atoms with Gasteiger partial charge in [-0.2, -0.15) is 0 Å². The molecule has 1 aliphatic rings. The van der Waals surface area contributed by atoms with Gasteiger partial charge in [-0.15, -0.1) is 0 Å². The Hall–Kier alpha value is -2.41. The van der Waals surface area contributed by atoms with Crippen LogP contribution in [0.4, 0.5) is 0 Å². The number of carboxylic acids is 1. The van der Waals surface area contributed by atoms with Gasteiger partial charge < -0.3 is 19.4 Å². The van der Waals surface area contributed by atoms with Gasteiger partial charge in [-0.3, -0.25) is 9.59 Å². The molecular formula is C14H14N2O5. The lowest BCUT2D eigenvalue weighted by Gasteiger charge is -2.14. The molecular weight excluding hydrogens is 276 g/mol. The molecule has 2 heterocycles. The molecule has 0 amide bonds. The van der Waals surface area contributed by atoms with Crippen molar-refractivity contribution in [2.24, 2.45) is 5.92 Å². The lowest BCUT2D eigenvalue weighted by molar-refractivity contribution is 0.0698. The second-order valence-electron chi connectivity index (χ2n) is 5.10. The first-order valence-electron chi connectivity index (χ1n) is 6.65. The van der Waals surface area contributed by atoms with Crippen molar-refractivity contribution in [1.82, 2.24) is 9.55 Å². The molecule has 3 rings (SSSR count). The highest BCUT2D eigenvalue weighted by Crippen LogP contribution is 2.18. The van der Waals surface area contributed by atoms with Crippen LogP contribution in [0.25, 0.3) is 11.0 Å². The number of nitrogens with zero attached hydrogens (tertiary/aromatic N) is 1. The highest BCUT2D eigenvalue weighted by Gasteiger charge is 2.20. The van der Waals surface area contributed by atoms with Crippen LogP contribution in [-0.4, -0.2) is 33.8 Å². The van der Waals surface area contributed by atoms with Crippen LogP contribution in [0.15, 0.2) is 27.8 Å². The smallest absolute Gasteiger partial charge is 0.337 e. The summed E-state index contributed by atoms with van der Waals surface area (Å²) in [5.74, 6) is -0.994. The van der Waals surface area contributed by atoms with Gasteiger partial charge >= 0.3 is 17.1 Å². The number of benzene rings is 1. The fraction of sp³-hybridized carbons (Fsp3) is 0.357. The molecule has 110 valence electrons. The Morgan fingerprint density at radius 3 is 2.90 bits per heavy atom. The van der Waals surface area contributed by atoms with Crippen LogP contribution >= 0.6 is 0 Å². The molecule has 1 aliphatic heterocycles. The number of fused-ring (bicyclic) bond motifs is 1. The second kappa shape index (κ2) is 5.17. The van der Waals surface area contributed by atoms with Gasteiger partial charge in [-0.25, -0.2) is 4.79 Å². The van der Waals surface area contributed by atoms with Crippen molar-refractivity contribution in [3.8, 4) is 0 Å². The van der Waals surface area contributed by atoms with Crippen LogP contribution in [0.5, 0.6) is 0 Å². The van der Waals surface area contributed by atoms with Gasteiger partial charge in [-0.05, 0) is 18.6 Å². The lowest BCUT2D eigenvalue weighted by Crippen LogP contribution is -2.38. The van der Waals surface area contributed by atoms with Gasteiger partial charge in [0.2, 0.25) is 0 Å². The van der Waals surface area contributed by atoms with Crippen LogP contribution in [0.1, 0.15) is 16.8 Å². The zero-order valence-electron chi connectivity index (χ0n) is 11.2. The number of para-hydroxylation sites is 1. The molecule has 21 heavy (non-hydrogen) atoms. The number of aromatic nitrogens is 2. The van der Waals surface area contributed by atoms with E-state index < -0.39 is 17.1 Å². The second-order valence-corrected chi connectivity index (χ2v) is 5.10. The molecule has 0 radical (unpaired) electrons. The number of carbonyl (C=O) groups is 1. The van der Waals surface area contributed by atoms with Gasteiger partial charge in [0, 0.05) is 19.1 Å². The molecule has 0 bridgehead atoms. The van der Waals surface area contributed by atoms with E-state index in [1.165, 1.54) is 10.6 Å². The molecule has 2 aromatic rings. The van der Waals surface area contributed by atoms with E-state index in [4.69, 9.17) is 4.74 Å². The largest absolute Gasteiger partial charge is 0.478 e. The van der Waals surface area contributed by atoms with E-state index in [9.17, 15) is 19.5 Å². The molecule has 1 aromatic carbocycles. The van der Waals surface area contributed by atoms with E-state index in [0.717, 1.165) is 6.42 Å². The number of hydrogen-bond acceptors (Lipinski definition) is 4. The van der Waals surface area contributed by atoms with Crippen LogP contribution in [-0.2, 0) is 11.3 Å². The van der Waals surface area contributed by atoms with E-state index in [1.54, 1.807) is 12.1 Å². The summed E-state index contributed by atoms with van der Waals surface area (Å²) in [5, 5.41) is 9.19. The van der Waals surface area contributed by atoms with Gasteiger partial charge in [0.25, 0.3) is 0 Å². The number of aromatic carboxylic acids is 1. The summed E-state index contributed by atoms with van der Waals surface area (Å²) < 4.78 is 6.63. The highest BCUT2D eigenvalue weighted by atomic mass is 16.5. The molecule has 0 saturated carbocycles. The van der Waals surface area contributed by atoms with Crippen LogP contribution in [0, 0.1) is 5.92 Å². The maximum absolute atomic E-state index is 12.1. The Bertz CT molecular complexity index is 814. The van der Waals surface area contributed by atoms with Crippen molar-refractivity contribution >= 4 is 17.0 Å². The van der Waals surface area contributed by atoms with Crippen molar-refractivity contribution < 1.29 is 14.6 Å². The minimum Gasteiger partial charge on any atom is -0.478 e. The van der Waals surface area contributed by atoms with Gasteiger partial charge in [-0.1, -0.05) is 6.07 Å². The molecule has 1 saturated heterocycles. The molecule has 7 heteroatoms. The number of ether oxygens (including phenoxy) is 1. The van der Waals surface area contributed by atoms with Gasteiger partial charge in [0.1, 0.15) is 0 Å². The number of H-pyrrole nitrogens is 1. The van der Waals surface area contributed by atoms with E-state index in [2.05, 4.69) is 4.98 Å². The summed E-state index contributed by atoms with van der Waals surface area (Å²) in [6.07, 6.45) is 0.819. The average Bonchev–Trinajstić information content (AvgIpc) is 2.96. The standard InChI is InChI=1S/C14H14N2O5/c17-12-13(18)16(6-8-4-5-21-7-8)10-3-1-2-9(14(19)20)11(10)15-12/h1-3,8H,4-7H2,(H,15,17)(H,19,20). The fourth-order valence-corrected chi connectivity index (χ4v) is 2.64. The van der Waals surface area contributed by atoms with Crippen molar-refractivity contribution in [2.45, 2.75) is 13.0 Å². The van der Waals surface area contributed by atoms with Crippen molar-refractivity contribution in [1.29, 1.82) is 0 Å². The summed E-state index contributed by atoms with van der Waals surface area (Å²) >= 11 is 0. The normalized spacial score (nSPS) is 18.2. The van der Waals surface area contributed by atoms with Gasteiger partial charge in [0.15, 0.2) is 0 Å². The summed E-state index contributed by atoms with van der Waals surface area (Å²) in [7, 11) is 0. The zero-order valence-corrected chi connectivity index (χ0v) is 11.2. The van der Waals surface area contributed by atoms with E-state index in [-0.39, 0.29) is 17.0 Å². The minimum atomic E-state index is -1.15. The fourth-order valence-electron chi connectivity index (χ4n) is 2.64. The Morgan fingerprint density at radius 1 is 1.43 bits per heavy atom. The summed E-state index contributed by atoms with van der Waals surface area (Å²) in [6, 6.07) is 4.59. The Labute approximate surface area is 118 Å². The topological polar surface area (TPSA) is 101 Å². The van der Waals surface area contributed by atoms with Crippen LogP contribution in [0.3, 0.4) is 0 Å². The third kappa shape index (κ3) is 2.36. The molecule has 0 spiro atoms. The van der Waals surface area contributed by atoms with Crippen LogP contribution < -0.4 is 11.1 Å². The van der Waals surface area contributed by atoms with E-state index in [1.807, 2.05) is 0 Å². The number of aromatic amines is 1. The summed E-state index contributed by atoms with van der Waals surface area (Å²) in [5.41, 5.74) is -0.909. The van der Waals surface area contributed by atoms with E-state index in [0.29, 0.717) is 25.3 Å². The van der Waals surface area contributed by atoms with E-state index >= 15 is 0 Å². The first kappa shape index (κ1) is 13.6. The van der Waals surface area contributed by atoms with Gasteiger partial charge in [0.05, 0.1) is 23.2 Å². The quantitative estimate of drug-likeness (QED) is 0.798. The van der Waals surface area contributed by atoms with Crippen LogP contribution in [0.2, 0.25) is 0 Å². The molecule has 1 aromatic heterocycles. The monoisotopic (exact) mass is 290 g/mol. The first-order valence-corrected chi connectivity index (χ1v) is 6.65. The maximum atomic E-state index is 12.1. The molecule has 1 atom stereocenters. The average molecular weight is 290 g/mol. The molecule has 0 aliphatic carbocycles. The third-order valence-corrected chi connectivity index (χ3v) is 3.71. The number of carboxylic acid groups (broad SMARTS) is 1. The number of nitrogens with one attached hydrogen (secondary N) is 1. The van der Waals surface area contributed by atoms with Crippen molar-refractivity contribution in [3.63, 3.8) is 0 Å². The van der Waals surface area contributed by atoms with Crippen molar-refractivity contribution in [2.75, 3.05) is 13.2 Å². The predicted octanol–water partition coefficient (Wildman–Crippen LogP) is 0.424. The van der Waals surface area contributed by atoms with Crippen molar-refractivity contribution in [3.05, 3.63) is 44.5 Å². The zero-order chi connectivity index (χ0) is 15.0. The predicted molar refractivity (Wildman–Crippen MR) is 74.7 cm³/mol. The Morgan fingerprint density at radius 2 is 2.24 bits per heavy atom. The Balaban J connectivity index is 2.24. The highest BCUT2D eigenvalue weighted by molar-refractivity contribution is 6.00. The molecule has 1 fully saturated rings. The minimum absolute atomic E-state index is 0.0268. The summed E-state index contributed by atoms with van der Waals surface area (Å²) in [6.45, 7) is 1.53. The summed E-state index contributed by atoms with van der Waals surface area (Å²) in [4.78, 5) is 37.5. The molecule has 2 N–H and O–H groups in total. The third-order valence-electron chi connectivity index (χ3n) is 3.71. The molecule has 7 nitrogen and oxygen atoms in total. The maximum Gasteiger partial charge on any atom is 0.337 e. The first-order chi connectivity index (χ1) is 10.1. The Kier molecular flexibility index (Phi) is 3.34. The molecule has 1 unspecified atom stereocenters. The number of rotatable bonds is 3. The number of hydrogen-bond donors (Lipinski definition) is 2.